The van der Waals surface area contributed by atoms with E-state index in [0.29, 0.717) is 28.7 Å². The zero-order valence-corrected chi connectivity index (χ0v) is 14.0. The Morgan fingerprint density at radius 3 is 2.36 bits per heavy atom. The Labute approximate surface area is 150 Å². The minimum atomic E-state index is 0.314. The maximum absolute atomic E-state index is 6.27. The number of hydrogen-bond acceptors (Lipinski definition) is 3. The highest BCUT2D eigenvalue weighted by atomic mass is 35.5. The lowest BCUT2D eigenvalue weighted by atomic mass is 10.2. The van der Waals surface area contributed by atoms with Crippen molar-refractivity contribution in [2.45, 2.75) is 6.54 Å². The maximum Gasteiger partial charge on any atom is 0.208 e. The second kappa shape index (κ2) is 6.76. The van der Waals surface area contributed by atoms with E-state index in [9.17, 15) is 0 Å². The first kappa shape index (κ1) is 15.4. The lowest BCUT2D eigenvalue weighted by Crippen LogP contribution is -2.01. The Hall–Kier alpha value is -3.16. The quantitative estimate of drug-likeness (QED) is 0.409. The van der Waals surface area contributed by atoms with Crippen LogP contribution in [0, 0.1) is 11.8 Å². The molecule has 0 aliphatic carbocycles. The molecule has 0 aliphatic heterocycles. The van der Waals surface area contributed by atoms with Crippen LogP contribution < -0.4 is 0 Å². The zero-order chi connectivity index (χ0) is 17.1. The van der Waals surface area contributed by atoms with Gasteiger partial charge in [-0.2, -0.15) is 0 Å². The molecular weight excluding hydrogens is 332 g/mol. The first-order valence-electron chi connectivity index (χ1n) is 7.79. The van der Waals surface area contributed by atoms with Crippen LogP contribution in [-0.4, -0.2) is 19.5 Å². The van der Waals surface area contributed by atoms with Gasteiger partial charge in [-0.1, -0.05) is 66.1 Å². The first-order chi connectivity index (χ1) is 12.3. The number of aromatic nitrogens is 4. The van der Waals surface area contributed by atoms with Crippen molar-refractivity contribution in [1.82, 2.24) is 19.5 Å². The number of rotatable bonds is 2. The Bertz CT molecular complexity index is 1080. The van der Waals surface area contributed by atoms with Gasteiger partial charge in [-0.3, -0.25) is 0 Å². The van der Waals surface area contributed by atoms with Crippen molar-refractivity contribution in [2.75, 3.05) is 0 Å². The smallest absolute Gasteiger partial charge is 0.208 e. The molecule has 5 heteroatoms. The molecule has 0 radical (unpaired) electrons. The predicted molar refractivity (Wildman–Crippen MR) is 98.3 cm³/mol. The van der Waals surface area contributed by atoms with Crippen LogP contribution >= 0.6 is 11.6 Å². The van der Waals surface area contributed by atoms with Crippen LogP contribution in [0.25, 0.3) is 11.2 Å². The molecule has 0 spiro atoms. The summed E-state index contributed by atoms with van der Waals surface area (Å²) < 4.78 is 1.95. The fraction of sp³-hybridized carbons (Fsp3) is 0.0500. The molecule has 120 valence electrons. The van der Waals surface area contributed by atoms with Gasteiger partial charge in [0.05, 0.1) is 12.9 Å². The molecule has 0 amide bonds. The van der Waals surface area contributed by atoms with E-state index in [1.807, 2.05) is 53.1 Å². The molecule has 0 fully saturated rings. The summed E-state index contributed by atoms with van der Waals surface area (Å²) in [5, 5.41) is 0.314. The van der Waals surface area contributed by atoms with E-state index in [-0.39, 0.29) is 0 Å². The molecule has 4 nitrogen and oxygen atoms in total. The molecule has 0 saturated heterocycles. The first-order valence-corrected chi connectivity index (χ1v) is 8.17. The predicted octanol–water partition coefficient (Wildman–Crippen LogP) is 3.93. The molecule has 2 aromatic carbocycles. The largest absolute Gasteiger partial charge is 0.311 e. The minimum Gasteiger partial charge on any atom is -0.311 e. The van der Waals surface area contributed by atoms with Crippen LogP contribution in [0.4, 0.5) is 0 Å². The van der Waals surface area contributed by atoms with Gasteiger partial charge in [0.15, 0.2) is 10.8 Å². The summed E-state index contributed by atoms with van der Waals surface area (Å²) in [6.07, 6.45) is 1.73. The molecule has 0 saturated carbocycles. The lowest BCUT2D eigenvalue weighted by molar-refractivity contribution is 0.812. The number of fused-ring (bicyclic) bond motifs is 1. The Morgan fingerprint density at radius 2 is 1.60 bits per heavy atom. The fourth-order valence-electron chi connectivity index (χ4n) is 2.51. The number of halogens is 1. The summed E-state index contributed by atoms with van der Waals surface area (Å²) in [7, 11) is 0. The summed E-state index contributed by atoms with van der Waals surface area (Å²) in [4.78, 5) is 13.1. The van der Waals surface area contributed by atoms with E-state index in [2.05, 4.69) is 38.9 Å². The number of hydrogen-bond donors (Lipinski definition) is 0. The van der Waals surface area contributed by atoms with Crippen molar-refractivity contribution in [1.29, 1.82) is 0 Å². The Balaban J connectivity index is 1.73. The van der Waals surface area contributed by atoms with Gasteiger partial charge in [0.2, 0.25) is 5.82 Å². The van der Waals surface area contributed by atoms with Crippen molar-refractivity contribution < 1.29 is 0 Å². The molecule has 0 bridgehead atoms. The lowest BCUT2D eigenvalue weighted by Gasteiger charge is -2.04. The van der Waals surface area contributed by atoms with Crippen LogP contribution in [0.15, 0.2) is 67.0 Å². The summed E-state index contributed by atoms with van der Waals surface area (Å²) in [6, 6.07) is 19.8. The Morgan fingerprint density at radius 1 is 0.880 bits per heavy atom. The second-order valence-corrected chi connectivity index (χ2v) is 5.84. The van der Waals surface area contributed by atoms with Gasteiger partial charge in [0.1, 0.15) is 5.52 Å². The van der Waals surface area contributed by atoms with Gasteiger partial charge in [0.25, 0.3) is 0 Å². The van der Waals surface area contributed by atoms with E-state index in [1.54, 1.807) is 6.33 Å². The van der Waals surface area contributed by atoms with Crippen LogP contribution in [-0.2, 0) is 6.54 Å². The monoisotopic (exact) mass is 344 g/mol. The van der Waals surface area contributed by atoms with Crippen molar-refractivity contribution in [3.63, 3.8) is 0 Å². The average molecular weight is 345 g/mol. The van der Waals surface area contributed by atoms with E-state index >= 15 is 0 Å². The normalized spacial score (nSPS) is 10.4. The van der Waals surface area contributed by atoms with Gasteiger partial charge in [-0.05, 0) is 23.6 Å². The third kappa shape index (κ3) is 3.37. The summed E-state index contributed by atoms with van der Waals surface area (Å²) >= 11 is 6.27. The van der Waals surface area contributed by atoms with Crippen molar-refractivity contribution >= 4 is 22.8 Å². The van der Waals surface area contributed by atoms with Crippen LogP contribution in [0.1, 0.15) is 17.0 Å². The van der Waals surface area contributed by atoms with Gasteiger partial charge in [-0.25, -0.2) is 15.0 Å². The number of imidazole rings is 1. The van der Waals surface area contributed by atoms with Crippen LogP contribution in [0.2, 0.25) is 5.15 Å². The SMILES string of the molecule is Clc1nc(C#Cc2ccccc2)nc2c1ncn2Cc1ccccc1. The zero-order valence-electron chi connectivity index (χ0n) is 13.2. The van der Waals surface area contributed by atoms with Crippen LogP contribution in [0.3, 0.4) is 0 Å². The Kier molecular flexibility index (Phi) is 4.16. The summed E-state index contributed by atoms with van der Waals surface area (Å²) in [6.45, 7) is 0.663. The molecule has 4 aromatic rings. The molecule has 0 unspecified atom stereocenters. The highest BCUT2D eigenvalue weighted by molar-refractivity contribution is 6.33. The van der Waals surface area contributed by atoms with E-state index in [4.69, 9.17) is 11.6 Å². The second-order valence-electron chi connectivity index (χ2n) is 5.48. The number of nitrogens with zero attached hydrogens (tertiary/aromatic N) is 4. The molecular formula is C20H13ClN4. The molecule has 0 N–H and O–H groups in total. The maximum atomic E-state index is 6.27. The average Bonchev–Trinajstić information content (AvgIpc) is 3.05. The van der Waals surface area contributed by atoms with Crippen molar-refractivity contribution in [3.05, 3.63) is 89.1 Å². The van der Waals surface area contributed by atoms with E-state index in [1.165, 1.54) is 0 Å². The molecule has 0 atom stereocenters. The molecule has 2 aromatic heterocycles. The van der Waals surface area contributed by atoms with Gasteiger partial charge < -0.3 is 4.57 Å². The third-order valence-corrected chi connectivity index (χ3v) is 3.97. The molecule has 2 heterocycles. The highest BCUT2D eigenvalue weighted by Gasteiger charge is 2.11. The van der Waals surface area contributed by atoms with Crippen LogP contribution in [0.5, 0.6) is 0 Å². The standard InChI is InChI=1S/C20H13ClN4/c21-19-18-20(25(14-22-18)13-16-9-5-2-6-10-16)24-17(23-19)12-11-15-7-3-1-4-8-15/h1-10,14H,13H2. The topological polar surface area (TPSA) is 43.6 Å². The third-order valence-electron chi connectivity index (χ3n) is 3.71. The van der Waals surface area contributed by atoms with Crippen molar-refractivity contribution in [3.8, 4) is 11.8 Å². The summed E-state index contributed by atoms with van der Waals surface area (Å²) in [5.74, 6) is 6.41. The summed E-state index contributed by atoms with van der Waals surface area (Å²) in [5.41, 5.74) is 3.33. The molecule has 4 rings (SSSR count). The fourth-order valence-corrected chi connectivity index (χ4v) is 2.72. The van der Waals surface area contributed by atoms with Gasteiger partial charge in [0, 0.05) is 5.56 Å². The highest BCUT2D eigenvalue weighted by Crippen LogP contribution is 2.19. The van der Waals surface area contributed by atoms with Gasteiger partial charge >= 0.3 is 0 Å². The van der Waals surface area contributed by atoms with Crippen molar-refractivity contribution in [2.24, 2.45) is 0 Å². The minimum absolute atomic E-state index is 0.314. The van der Waals surface area contributed by atoms with Gasteiger partial charge in [-0.15, -0.1) is 0 Å². The molecule has 25 heavy (non-hydrogen) atoms. The molecule has 0 aliphatic rings. The number of benzene rings is 2. The van der Waals surface area contributed by atoms with E-state index in [0.717, 1.165) is 11.1 Å². The van der Waals surface area contributed by atoms with E-state index < -0.39 is 0 Å².